The maximum Gasteiger partial charge on any atom is 0.276 e. The minimum absolute atomic E-state index is 0.113. The molecular formula is C18H21N5O3. The maximum atomic E-state index is 12.3. The normalized spacial score (nSPS) is 12.1. The van der Waals surface area contributed by atoms with Gasteiger partial charge < -0.3 is 19.9 Å². The predicted octanol–water partition coefficient (Wildman–Crippen LogP) is 1.12. The van der Waals surface area contributed by atoms with Crippen LogP contribution >= 0.6 is 0 Å². The zero-order chi connectivity index (χ0) is 18.5. The first-order chi connectivity index (χ1) is 12.6. The summed E-state index contributed by atoms with van der Waals surface area (Å²) < 4.78 is 8.36. The Kier molecular flexibility index (Phi) is 5.33. The van der Waals surface area contributed by atoms with Gasteiger partial charge in [0.15, 0.2) is 0 Å². The first-order valence-corrected chi connectivity index (χ1v) is 8.30. The molecule has 0 aliphatic rings. The van der Waals surface area contributed by atoms with Gasteiger partial charge >= 0.3 is 0 Å². The highest BCUT2D eigenvalue weighted by molar-refractivity contribution is 5.95. The number of anilines is 1. The highest BCUT2D eigenvalue weighted by Crippen LogP contribution is 2.22. The molecule has 0 bridgehead atoms. The van der Waals surface area contributed by atoms with Crippen LogP contribution in [-0.2, 0) is 11.3 Å². The first kappa shape index (κ1) is 17.7. The Hall–Kier alpha value is -3.13. The molecule has 2 heterocycles. The number of methoxy groups -OCH3 is 1. The summed E-state index contributed by atoms with van der Waals surface area (Å²) in [4.78, 5) is 24.6. The third-order valence-corrected chi connectivity index (χ3v) is 4.10. The smallest absolute Gasteiger partial charge is 0.276 e. The average Bonchev–Trinajstić information content (AvgIpc) is 3.13. The molecule has 2 N–H and O–H groups in total. The van der Waals surface area contributed by atoms with Crippen molar-refractivity contribution < 1.29 is 9.53 Å². The number of nitrogens with one attached hydrogen (secondary N) is 2. The summed E-state index contributed by atoms with van der Waals surface area (Å²) in [6.07, 6.45) is 5.00. The largest absolute Gasteiger partial charge is 0.495 e. The monoisotopic (exact) mass is 355 g/mol. The molecule has 136 valence electrons. The molecule has 0 saturated carbocycles. The van der Waals surface area contributed by atoms with Crippen molar-refractivity contribution in [3.8, 4) is 5.75 Å². The van der Waals surface area contributed by atoms with E-state index in [4.69, 9.17) is 4.74 Å². The maximum absolute atomic E-state index is 12.3. The van der Waals surface area contributed by atoms with Crippen molar-refractivity contribution in [3.63, 3.8) is 0 Å². The van der Waals surface area contributed by atoms with Gasteiger partial charge in [0, 0.05) is 25.5 Å². The van der Waals surface area contributed by atoms with Crippen molar-refractivity contribution >= 4 is 17.1 Å². The summed E-state index contributed by atoms with van der Waals surface area (Å²) in [5.74, 6) is 0.432. The molecule has 8 heteroatoms. The van der Waals surface area contributed by atoms with E-state index >= 15 is 0 Å². The zero-order valence-corrected chi connectivity index (χ0v) is 14.7. The van der Waals surface area contributed by atoms with Gasteiger partial charge in [0.2, 0.25) is 5.91 Å². The van der Waals surface area contributed by atoms with E-state index in [2.05, 4.69) is 15.7 Å². The third-order valence-electron chi connectivity index (χ3n) is 4.10. The number of carbonyl (C=O) groups is 1. The molecule has 0 radical (unpaired) electrons. The van der Waals surface area contributed by atoms with Gasteiger partial charge in [-0.3, -0.25) is 9.59 Å². The Morgan fingerprint density at radius 3 is 2.88 bits per heavy atom. The minimum Gasteiger partial charge on any atom is -0.495 e. The van der Waals surface area contributed by atoms with Gasteiger partial charge in [0.25, 0.3) is 5.56 Å². The molecule has 8 nitrogen and oxygen atoms in total. The summed E-state index contributed by atoms with van der Waals surface area (Å²) >= 11 is 0. The van der Waals surface area contributed by atoms with Crippen LogP contribution in [0.3, 0.4) is 0 Å². The van der Waals surface area contributed by atoms with Crippen molar-refractivity contribution in [2.45, 2.75) is 19.5 Å². The Bertz CT molecular complexity index is 963. The molecular weight excluding hydrogens is 334 g/mol. The van der Waals surface area contributed by atoms with E-state index in [1.165, 1.54) is 4.52 Å². The molecule has 0 aliphatic carbocycles. The molecule has 2 aromatic heterocycles. The molecule has 26 heavy (non-hydrogen) atoms. The van der Waals surface area contributed by atoms with Crippen molar-refractivity contribution in [2.24, 2.45) is 0 Å². The second-order valence-electron chi connectivity index (χ2n) is 5.82. The quantitative estimate of drug-likeness (QED) is 0.663. The Morgan fingerprint density at radius 1 is 1.27 bits per heavy atom. The lowest BCUT2D eigenvalue weighted by atomic mass is 10.2. The SMILES string of the molecule is COc1ccccc1NC(=O)C(C)NCCn1ccn2nccc2c1=O. The summed E-state index contributed by atoms with van der Waals surface area (Å²) in [5, 5.41) is 9.99. The number of nitrogens with zero attached hydrogens (tertiary/aromatic N) is 3. The number of hydrogen-bond acceptors (Lipinski definition) is 5. The molecule has 3 aromatic rings. The van der Waals surface area contributed by atoms with Gasteiger partial charge in [-0.05, 0) is 25.1 Å². The Balaban J connectivity index is 1.56. The Morgan fingerprint density at radius 2 is 2.08 bits per heavy atom. The number of carbonyl (C=O) groups excluding carboxylic acids is 1. The van der Waals surface area contributed by atoms with Gasteiger partial charge in [-0.15, -0.1) is 0 Å². The average molecular weight is 355 g/mol. The topological polar surface area (TPSA) is 89.7 Å². The summed E-state index contributed by atoms with van der Waals surface area (Å²) in [6.45, 7) is 2.70. The van der Waals surface area contributed by atoms with Crippen molar-refractivity contribution in [3.05, 3.63) is 59.3 Å². The second kappa shape index (κ2) is 7.83. The van der Waals surface area contributed by atoms with E-state index in [-0.39, 0.29) is 11.5 Å². The number of rotatable bonds is 7. The van der Waals surface area contributed by atoms with Crippen LogP contribution in [0.2, 0.25) is 0 Å². The van der Waals surface area contributed by atoms with E-state index in [1.807, 2.05) is 12.1 Å². The van der Waals surface area contributed by atoms with E-state index in [0.717, 1.165) is 0 Å². The molecule has 1 unspecified atom stereocenters. The first-order valence-electron chi connectivity index (χ1n) is 8.30. The van der Waals surface area contributed by atoms with Gasteiger partial charge in [-0.25, -0.2) is 4.52 Å². The number of hydrogen-bond donors (Lipinski definition) is 2. The summed E-state index contributed by atoms with van der Waals surface area (Å²) in [5.41, 5.74) is 1.03. The minimum atomic E-state index is -0.422. The number of ether oxygens (including phenoxy) is 1. The van der Waals surface area contributed by atoms with Gasteiger partial charge in [0.05, 0.1) is 25.0 Å². The standard InChI is InChI=1S/C18H21N5O3/c1-13(17(24)21-14-5-3-4-6-16(14)26-2)19-9-10-22-11-12-23-15(18(22)25)7-8-20-23/h3-8,11-13,19H,9-10H2,1-2H3,(H,21,24). The van der Waals surface area contributed by atoms with Crippen LogP contribution in [0.15, 0.2) is 53.7 Å². The van der Waals surface area contributed by atoms with Crippen LogP contribution in [-0.4, -0.2) is 39.8 Å². The lowest BCUT2D eigenvalue weighted by Crippen LogP contribution is -2.40. The van der Waals surface area contributed by atoms with E-state index in [1.54, 1.807) is 55.4 Å². The fourth-order valence-electron chi connectivity index (χ4n) is 2.62. The molecule has 3 rings (SSSR count). The molecule has 1 amide bonds. The van der Waals surface area contributed by atoms with Gasteiger partial charge in [-0.2, -0.15) is 5.10 Å². The zero-order valence-electron chi connectivity index (χ0n) is 14.7. The fraction of sp³-hybridized carbons (Fsp3) is 0.278. The van der Waals surface area contributed by atoms with Crippen molar-refractivity contribution in [1.82, 2.24) is 19.5 Å². The van der Waals surface area contributed by atoms with Gasteiger partial charge in [-0.1, -0.05) is 12.1 Å². The van der Waals surface area contributed by atoms with Crippen LogP contribution in [0, 0.1) is 0 Å². The number of fused-ring (bicyclic) bond motifs is 1. The highest BCUT2D eigenvalue weighted by atomic mass is 16.5. The Labute approximate surface area is 150 Å². The van der Waals surface area contributed by atoms with Crippen LogP contribution in [0.25, 0.3) is 5.52 Å². The van der Waals surface area contributed by atoms with E-state index < -0.39 is 6.04 Å². The van der Waals surface area contributed by atoms with Crippen molar-refractivity contribution in [1.29, 1.82) is 0 Å². The number of amides is 1. The number of para-hydroxylation sites is 2. The fourth-order valence-corrected chi connectivity index (χ4v) is 2.62. The summed E-state index contributed by atoms with van der Waals surface area (Å²) in [6, 6.07) is 8.49. The number of aromatic nitrogens is 3. The molecule has 0 aliphatic heterocycles. The second-order valence-corrected chi connectivity index (χ2v) is 5.82. The van der Waals surface area contributed by atoms with Crippen LogP contribution in [0.1, 0.15) is 6.92 Å². The van der Waals surface area contributed by atoms with E-state index in [9.17, 15) is 9.59 Å². The van der Waals surface area contributed by atoms with Crippen LogP contribution in [0.5, 0.6) is 5.75 Å². The van der Waals surface area contributed by atoms with Crippen LogP contribution in [0.4, 0.5) is 5.69 Å². The number of benzene rings is 1. The third kappa shape index (κ3) is 3.75. The molecule has 1 aromatic carbocycles. The molecule has 1 atom stereocenters. The van der Waals surface area contributed by atoms with Gasteiger partial charge in [0.1, 0.15) is 11.3 Å². The highest BCUT2D eigenvalue weighted by Gasteiger charge is 2.14. The van der Waals surface area contributed by atoms with Crippen LogP contribution < -0.4 is 20.9 Å². The molecule has 0 fully saturated rings. The summed E-state index contributed by atoms with van der Waals surface area (Å²) in [7, 11) is 1.56. The molecule has 0 saturated heterocycles. The lowest BCUT2D eigenvalue weighted by Gasteiger charge is -2.16. The molecule has 0 spiro atoms. The van der Waals surface area contributed by atoms with E-state index in [0.29, 0.717) is 30.0 Å². The van der Waals surface area contributed by atoms with Crippen molar-refractivity contribution in [2.75, 3.05) is 19.0 Å². The lowest BCUT2D eigenvalue weighted by molar-refractivity contribution is -0.117. The predicted molar refractivity (Wildman–Crippen MR) is 98.5 cm³/mol.